The van der Waals surface area contributed by atoms with Crippen molar-refractivity contribution >= 4 is 26.7 Å². The van der Waals surface area contributed by atoms with Crippen LogP contribution < -0.4 is 0 Å². The fraction of sp³-hybridized carbons (Fsp3) is 0.333. The first kappa shape index (κ1) is 14.3. The van der Waals surface area contributed by atoms with E-state index in [1.54, 1.807) is 6.07 Å². The van der Waals surface area contributed by atoms with E-state index < -0.39 is 0 Å². The lowest BCUT2D eigenvalue weighted by molar-refractivity contribution is 0.291. The maximum atomic E-state index is 13.5. The lowest BCUT2D eigenvalue weighted by atomic mass is 10.0. The monoisotopic (exact) mass is 325 g/mol. The Morgan fingerprint density at radius 3 is 2.37 bits per heavy atom. The Balaban J connectivity index is 2.49. The molecule has 102 valence electrons. The number of benzene rings is 2. The topological polar surface area (TPSA) is 23.5 Å². The fourth-order valence-corrected chi connectivity index (χ4v) is 2.67. The normalized spacial score (nSPS) is 11.4. The summed E-state index contributed by atoms with van der Waals surface area (Å²) in [7, 11) is 0. The van der Waals surface area contributed by atoms with Crippen molar-refractivity contribution in [3.63, 3.8) is 0 Å². The van der Waals surface area contributed by atoms with Crippen LogP contribution >= 0.6 is 15.9 Å². The van der Waals surface area contributed by atoms with Crippen molar-refractivity contribution in [3.05, 3.63) is 40.1 Å². The predicted molar refractivity (Wildman–Crippen MR) is 79.9 cm³/mol. The number of halogens is 2. The summed E-state index contributed by atoms with van der Waals surface area (Å²) in [6.45, 7) is 6.74. The van der Waals surface area contributed by atoms with Crippen LogP contribution in [-0.4, -0.2) is 23.1 Å². The van der Waals surface area contributed by atoms with Crippen LogP contribution in [0.4, 0.5) is 4.39 Å². The smallest absolute Gasteiger partial charge is 0.138 e. The van der Waals surface area contributed by atoms with E-state index in [1.807, 2.05) is 12.1 Å². The number of phenolic OH excluding ortho intramolecular Hbond substituents is 1. The van der Waals surface area contributed by atoms with E-state index in [0.717, 1.165) is 18.7 Å². The van der Waals surface area contributed by atoms with E-state index in [2.05, 4.69) is 34.7 Å². The second-order valence-corrected chi connectivity index (χ2v) is 5.28. The van der Waals surface area contributed by atoms with Gasteiger partial charge in [0.05, 0.1) is 4.47 Å². The van der Waals surface area contributed by atoms with Crippen molar-refractivity contribution < 1.29 is 9.50 Å². The molecule has 0 unspecified atom stereocenters. The molecule has 2 aromatic carbocycles. The molecule has 0 bridgehead atoms. The Bertz CT molecular complexity index is 596. The second-order valence-electron chi connectivity index (χ2n) is 4.49. The minimum Gasteiger partial charge on any atom is -0.507 e. The molecule has 1 N–H and O–H groups in total. The van der Waals surface area contributed by atoms with Crippen molar-refractivity contribution in [2.24, 2.45) is 0 Å². The molecule has 0 aliphatic heterocycles. The molecule has 0 aliphatic carbocycles. The molecule has 2 aromatic rings. The molecule has 0 heterocycles. The van der Waals surface area contributed by atoms with Crippen LogP contribution in [0.5, 0.6) is 5.75 Å². The Kier molecular flexibility index (Phi) is 4.42. The minimum atomic E-state index is -0.316. The zero-order valence-corrected chi connectivity index (χ0v) is 12.7. The van der Waals surface area contributed by atoms with Crippen LogP contribution in [0.15, 0.2) is 28.7 Å². The van der Waals surface area contributed by atoms with Gasteiger partial charge < -0.3 is 5.11 Å². The first-order valence-electron chi connectivity index (χ1n) is 6.39. The summed E-state index contributed by atoms with van der Waals surface area (Å²) < 4.78 is 13.9. The number of fused-ring (bicyclic) bond motifs is 1. The summed E-state index contributed by atoms with van der Waals surface area (Å²) in [4.78, 5) is 2.22. The quantitative estimate of drug-likeness (QED) is 0.906. The summed E-state index contributed by atoms with van der Waals surface area (Å²) in [5, 5.41) is 11.7. The average molecular weight is 326 g/mol. The van der Waals surface area contributed by atoms with Gasteiger partial charge in [0, 0.05) is 22.9 Å². The maximum absolute atomic E-state index is 13.5. The highest BCUT2D eigenvalue weighted by atomic mass is 79.9. The number of phenols is 1. The second kappa shape index (κ2) is 5.88. The van der Waals surface area contributed by atoms with Crippen LogP contribution in [-0.2, 0) is 6.54 Å². The van der Waals surface area contributed by atoms with Gasteiger partial charge >= 0.3 is 0 Å². The Hall–Kier alpha value is -1.13. The Labute approximate surface area is 121 Å². The van der Waals surface area contributed by atoms with Crippen molar-refractivity contribution in [2.45, 2.75) is 20.4 Å². The molecule has 2 rings (SSSR count). The van der Waals surface area contributed by atoms with Crippen molar-refractivity contribution in [3.8, 4) is 5.75 Å². The van der Waals surface area contributed by atoms with Crippen LogP contribution in [0.1, 0.15) is 19.4 Å². The van der Waals surface area contributed by atoms with Crippen molar-refractivity contribution in [1.29, 1.82) is 0 Å². The van der Waals surface area contributed by atoms with E-state index in [9.17, 15) is 9.50 Å². The number of nitrogens with zero attached hydrogens (tertiary/aromatic N) is 1. The van der Waals surface area contributed by atoms with Gasteiger partial charge in [0.25, 0.3) is 0 Å². The lowest BCUT2D eigenvalue weighted by Crippen LogP contribution is -2.22. The van der Waals surface area contributed by atoms with Gasteiger partial charge in [-0.25, -0.2) is 4.39 Å². The first-order chi connectivity index (χ1) is 9.08. The third-order valence-corrected chi connectivity index (χ3v) is 4.24. The van der Waals surface area contributed by atoms with E-state index in [-0.39, 0.29) is 11.6 Å². The molecular weight excluding hydrogens is 309 g/mol. The minimum absolute atomic E-state index is 0.241. The first-order valence-corrected chi connectivity index (χ1v) is 7.18. The summed E-state index contributed by atoms with van der Waals surface area (Å²) in [5.74, 6) is -0.0755. The predicted octanol–water partition coefficient (Wildman–Crippen LogP) is 4.29. The largest absolute Gasteiger partial charge is 0.507 e. The van der Waals surface area contributed by atoms with Gasteiger partial charge in [-0.1, -0.05) is 26.0 Å². The zero-order valence-electron chi connectivity index (χ0n) is 11.1. The maximum Gasteiger partial charge on any atom is 0.138 e. The SMILES string of the molecule is CCN(CC)Cc1ccc2c(Br)c(F)ccc2c1O. The molecule has 19 heavy (non-hydrogen) atoms. The van der Waals surface area contributed by atoms with Gasteiger partial charge in [0.2, 0.25) is 0 Å². The van der Waals surface area contributed by atoms with Gasteiger partial charge in [-0.3, -0.25) is 4.90 Å². The third-order valence-electron chi connectivity index (χ3n) is 3.43. The molecule has 2 nitrogen and oxygen atoms in total. The van der Waals surface area contributed by atoms with Crippen LogP contribution in [0.3, 0.4) is 0 Å². The highest BCUT2D eigenvalue weighted by Gasteiger charge is 2.12. The third kappa shape index (κ3) is 2.74. The lowest BCUT2D eigenvalue weighted by Gasteiger charge is -2.19. The van der Waals surface area contributed by atoms with Gasteiger partial charge in [-0.15, -0.1) is 0 Å². The molecule has 0 saturated carbocycles. The van der Waals surface area contributed by atoms with Crippen molar-refractivity contribution in [2.75, 3.05) is 13.1 Å². The molecule has 4 heteroatoms. The fourth-order valence-electron chi connectivity index (χ4n) is 2.19. The number of aromatic hydroxyl groups is 1. The summed E-state index contributed by atoms with van der Waals surface area (Å²) >= 11 is 3.22. The molecule has 0 fully saturated rings. The Morgan fingerprint density at radius 2 is 1.74 bits per heavy atom. The molecular formula is C15H17BrFNO. The number of hydrogen-bond donors (Lipinski definition) is 1. The van der Waals surface area contributed by atoms with Gasteiger partial charge in [-0.2, -0.15) is 0 Å². The molecule has 0 atom stereocenters. The zero-order chi connectivity index (χ0) is 14.0. The van der Waals surface area contributed by atoms with Crippen molar-refractivity contribution in [1.82, 2.24) is 4.90 Å². The Morgan fingerprint density at radius 1 is 1.11 bits per heavy atom. The summed E-state index contributed by atoms with van der Waals surface area (Å²) in [6.07, 6.45) is 0. The van der Waals surface area contributed by atoms with Crippen LogP contribution in [0.2, 0.25) is 0 Å². The van der Waals surface area contributed by atoms with Crippen LogP contribution in [0.25, 0.3) is 10.8 Å². The number of rotatable bonds is 4. The highest BCUT2D eigenvalue weighted by Crippen LogP contribution is 2.34. The van der Waals surface area contributed by atoms with E-state index in [1.165, 1.54) is 6.07 Å². The standard InChI is InChI=1S/C15H17BrFNO/c1-3-18(4-2)9-10-5-6-11-12(15(10)19)7-8-13(17)14(11)16/h5-8,19H,3-4,9H2,1-2H3. The van der Waals surface area contributed by atoms with E-state index >= 15 is 0 Å². The summed E-state index contributed by atoms with van der Waals surface area (Å²) in [6, 6.07) is 6.70. The van der Waals surface area contributed by atoms with Crippen LogP contribution in [0, 0.1) is 5.82 Å². The van der Waals surface area contributed by atoms with E-state index in [4.69, 9.17) is 0 Å². The molecule has 0 spiro atoms. The average Bonchev–Trinajstić information content (AvgIpc) is 2.42. The van der Waals surface area contributed by atoms with Gasteiger partial charge in [0.15, 0.2) is 0 Å². The molecule has 0 aliphatic rings. The number of hydrogen-bond acceptors (Lipinski definition) is 2. The summed E-state index contributed by atoms with van der Waals surface area (Å²) in [5.41, 5.74) is 0.870. The van der Waals surface area contributed by atoms with E-state index in [0.29, 0.717) is 21.8 Å². The molecule has 0 radical (unpaired) electrons. The van der Waals surface area contributed by atoms with Gasteiger partial charge in [-0.05, 0) is 41.2 Å². The molecule has 0 amide bonds. The van der Waals surface area contributed by atoms with Gasteiger partial charge in [0.1, 0.15) is 11.6 Å². The highest BCUT2D eigenvalue weighted by molar-refractivity contribution is 9.10. The molecule has 0 saturated heterocycles. The molecule has 0 aromatic heterocycles.